The largest absolute Gasteiger partial charge is 0.380 e. The van der Waals surface area contributed by atoms with Crippen molar-refractivity contribution in [1.82, 2.24) is 5.32 Å². The monoisotopic (exact) mass is 297 g/mol. The molecule has 2 N–H and O–H groups in total. The molecule has 2 aromatic carbocycles. The topological polar surface area (TPSA) is 32.3 Å². The lowest BCUT2D eigenvalue weighted by molar-refractivity contribution is 0.0241. The Hall–Kier alpha value is -1.64. The summed E-state index contributed by atoms with van der Waals surface area (Å²) in [7, 11) is 0. The third-order valence-electron chi connectivity index (χ3n) is 4.30. The third-order valence-corrected chi connectivity index (χ3v) is 4.30. The van der Waals surface area contributed by atoms with Gasteiger partial charge in [-0.25, -0.2) is 0 Å². The van der Waals surface area contributed by atoms with Crippen LogP contribution in [0.5, 0.6) is 0 Å². The zero-order valence-electron chi connectivity index (χ0n) is 13.6. The van der Waals surface area contributed by atoms with Crippen molar-refractivity contribution in [3.63, 3.8) is 0 Å². The Balaban J connectivity index is 2.26. The van der Waals surface area contributed by atoms with Crippen LogP contribution in [0.1, 0.15) is 37.8 Å². The van der Waals surface area contributed by atoms with E-state index in [0.29, 0.717) is 0 Å². The van der Waals surface area contributed by atoms with Gasteiger partial charge < -0.3 is 10.4 Å². The van der Waals surface area contributed by atoms with Crippen molar-refractivity contribution in [3.05, 3.63) is 71.8 Å². The lowest BCUT2D eigenvalue weighted by atomic mass is 9.77. The maximum absolute atomic E-state index is 11.5. The van der Waals surface area contributed by atoms with E-state index in [2.05, 4.69) is 19.2 Å². The van der Waals surface area contributed by atoms with Crippen LogP contribution in [0.15, 0.2) is 60.7 Å². The molecular formula is C20H27NO. The smallest absolute Gasteiger partial charge is 0.118 e. The van der Waals surface area contributed by atoms with E-state index < -0.39 is 5.60 Å². The molecule has 0 aliphatic heterocycles. The number of hydrogen-bond donors (Lipinski definition) is 2. The van der Waals surface area contributed by atoms with Crippen LogP contribution in [0.2, 0.25) is 0 Å². The minimum atomic E-state index is -0.971. The van der Waals surface area contributed by atoms with Gasteiger partial charge in [0, 0.05) is 12.5 Å². The first-order valence-electron chi connectivity index (χ1n) is 8.23. The van der Waals surface area contributed by atoms with E-state index in [0.717, 1.165) is 24.2 Å². The molecule has 2 rings (SSSR count). The van der Waals surface area contributed by atoms with Crippen LogP contribution < -0.4 is 5.32 Å². The maximum atomic E-state index is 11.5. The second-order valence-corrected chi connectivity index (χ2v) is 5.96. The number of nitrogens with one attached hydrogen (secondary N) is 1. The van der Waals surface area contributed by atoms with Gasteiger partial charge in [0.1, 0.15) is 5.60 Å². The Kier molecular flexibility index (Phi) is 6.17. The highest BCUT2D eigenvalue weighted by atomic mass is 16.3. The summed E-state index contributed by atoms with van der Waals surface area (Å²) >= 11 is 0. The van der Waals surface area contributed by atoms with Crippen molar-refractivity contribution < 1.29 is 5.11 Å². The highest BCUT2D eigenvalue weighted by molar-refractivity contribution is 5.36. The average molecular weight is 297 g/mol. The van der Waals surface area contributed by atoms with Crippen molar-refractivity contribution in [3.8, 4) is 0 Å². The van der Waals surface area contributed by atoms with Crippen LogP contribution in [0.3, 0.4) is 0 Å². The number of hydrogen-bond acceptors (Lipinski definition) is 2. The molecule has 2 aromatic rings. The SMILES string of the molecule is CCCCNCC(C)C(O)(c1ccccc1)c1ccccc1. The van der Waals surface area contributed by atoms with Gasteiger partial charge >= 0.3 is 0 Å². The van der Waals surface area contributed by atoms with Crippen LogP contribution in [0, 0.1) is 5.92 Å². The minimum Gasteiger partial charge on any atom is -0.380 e. The molecule has 118 valence electrons. The minimum absolute atomic E-state index is 0.0779. The van der Waals surface area contributed by atoms with Gasteiger partial charge in [-0.1, -0.05) is 80.9 Å². The second-order valence-electron chi connectivity index (χ2n) is 5.96. The predicted molar refractivity (Wildman–Crippen MR) is 92.8 cm³/mol. The molecule has 0 radical (unpaired) electrons. The van der Waals surface area contributed by atoms with Crippen LogP contribution in [-0.4, -0.2) is 18.2 Å². The molecule has 2 nitrogen and oxygen atoms in total. The highest BCUT2D eigenvalue weighted by Crippen LogP contribution is 2.36. The van der Waals surface area contributed by atoms with Gasteiger partial charge in [-0.15, -0.1) is 0 Å². The molecule has 0 saturated heterocycles. The molecule has 2 heteroatoms. The van der Waals surface area contributed by atoms with Crippen LogP contribution in [-0.2, 0) is 5.60 Å². The van der Waals surface area contributed by atoms with E-state index in [1.807, 2.05) is 60.7 Å². The number of unbranched alkanes of at least 4 members (excludes halogenated alkanes) is 1. The van der Waals surface area contributed by atoms with Gasteiger partial charge in [-0.2, -0.15) is 0 Å². The quantitative estimate of drug-likeness (QED) is 0.723. The summed E-state index contributed by atoms with van der Waals surface area (Å²) in [6, 6.07) is 20.0. The molecule has 0 aliphatic rings. The van der Waals surface area contributed by atoms with Crippen LogP contribution in [0.4, 0.5) is 0 Å². The Bertz CT molecular complexity index is 499. The van der Waals surface area contributed by atoms with Crippen molar-refractivity contribution >= 4 is 0 Å². The van der Waals surface area contributed by atoms with E-state index >= 15 is 0 Å². The first kappa shape index (κ1) is 16.7. The Labute approximate surface area is 134 Å². The molecule has 0 aliphatic carbocycles. The average Bonchev–Trinajstić information content (AvgIpc) is 2.59. The fourth-order valence-electron chi connectivity index (χ4n) is 2.89. The fraction of sp³-hybridized carbons (Fsp3) is 0.400. The van der Waals surface area contributed by atoms with Crippen molar-refractivity contribution in [2.24, 2.45) is 5.92 Å². The van der Waals surface area contributed by atoms with Gasteiger partial charge in [0.15, 0.2) is 0 Å². The van der Waals surface area contributed by atoms with E-state index in [-0.39, 0.29) is 5.92 Å². The van der Waals surface area contributed by atoms with Crippen LogP contribution >= 0.6 is 0 Å². The molecule has 1 atom stereocenters. The van der Waals surface area contributed by atoms with E-state index in [4.69, 9.17) is 0 Å². The summed E-state index contributed by atoms with van der Waals surface area (Å²) in [5.74, 6) is 0.0779. The maximum Gasteiger partial charge on any atom is 0.118 e. The van der Waals surface area contributed by atoms with Crippen molar-refractivity contribution in [1.29, 1.82) is 0 Å². The lowest BCUT2D eigenvalue weighted by Crippen LogP contribution is -2.40. The van der Waals surface area contributed by atoms with Gasteiger partial charge in [0.05, 0.1) is 0 Å². The summed E-state index contributed by atoms with van der Waals surface area (Å²) < 4.78 is 0. The normalized spacial score (nSPS) is 13.0. The molecule has 0 amide bonds. The molecular weight excluding hydrogens is 270 g/mol. The van der Waals surface area contributed by atoms with Crippen molar-refractivity contribution in [2.45, 2.75) is 32.3 Å². The number of benzene rings is 2. The fourth-order valence-corrected chi connectivity index (χ4v) is 2.89. The molecule has 0 spiro atoms. The Morgan fingerprint density at radius 1 is 0.955 bits per heavy atom. The van der Waals surface area contributed by atoms with E-state index in [1.54, 1.807) is 0 Å². The number of aliphatic hydroxyl groups is 1. The summed E-state index contributed by atoms with van der Waals surface area (Å²) in [5.41, 5.74) is 0.929. The zero-order valence-corrected chi connectivity index (χ0v) is 13.6. The van der Waals surface area contributed by atoms with E-state index in [9.17, 15) is 5.11 Å². The summed E-state index contributed by atoms with van der Waals surface area (Å²) in [6.07, 6.45) is 2.35. The second kappa shape index (κ2) is 8.11. The Morgan fingerprint density at radius 2 is 1.45 bits per heavy atom. The summed E-state index contributed by atoms with van der Waals surface area (Å²) in [4.78, 5) is 0. The van der Waals surface area contributed by atoms with Gasteiger partial charge in [-0.05, 0) is 24.1 Å². The van der Waals surface area contributed by atoms with Crippen molar-refractivity contribution in [2.75, 3.05) is 13.1 Å². The first-order valence-corrected chi connectivity index (χ1v) is 8.23. The molecule has 0 saturated carbocycles. The van der Waals surface area contributed by atoms with E-state index in [1.165, 1.54) is 12.8 Å². The Morgan fingerprint density at radius 3 is 1.91 bits per heavy atom. The summed E-state index contributed by atoms with van der Waals surface area (Å²) in [6.45, 7) is 6.09. The molecule has 0 bridgehead atoms. The highest BCUT2D eigenvalue weighted by Gasteiger charge is 2.37. The predicted octanol–water partition coefficient (Wildman–Crippen LogP) is 3.95. The van der Waals surface area contributed by atoms with Gasteiger partial charge in [0.25, 0.3) is 0 Å². The summed E-state index contributed by atoms with van der Waals surface area (Å²) in [5, 5.41) is 15.0. The zero-order chi connectivity index (χ0) is 15.8. The number of rotatable bonds is 8. The first-order chi connectivity index (χ1) is 10.7. The lowest BCUT2D eigenvalue weighted by Gasteiger charge is -2.35. The van der Waals surface area contributed by atoms with Crippen LogP contribution in [0.25, 0.3) is 0 Å². The third kappa shape index (κ3) is 3.76. The molecule has 22 heavy (non-hydrogen) atoms. The molecule has 0 fully saturated rings. The molecule has 0 aromatic heterocycles. The molecule has 1 unspecified atom stereocenters. The van der Waals surface area contributed by atoms with Gasteiger partial charge in [-0.3, -0.25) is 0 Å². The standard InChI is InChI=1S/C20H27NO/c1-3-4-15-21-16-17(2)20(22,18-11-7-5-8-12-18)19-13-9-6-10-14-19/h5-14,17,21-22H,3-4,15-16H2,1-2H3. The van der Waals surface area contributed by atoms with Gasteiger partial charge in [0.2, 0.25) is 0 Å². The molecule has 0 heterocycles.